The molecule has 2 aliphatic rings. The van der Waals surface area contributed by atoms with Crippen LogP contribution in [0.2, 0.25) is 10.0 Å². The third-order valence-corrected chi connectivity index (χ3v) is 6.21. The second-order valence-electron chi connectivity index (χ2n) is 8.57. The zero-order valence-corrected chi connectivity index (χ0v) is 20.2. The number of carbonyl (C=O) groups is 2. The largest absolute Gasteiger partial charge is 0.462 e. The summed E-state index contributed by atoms with van der Waals surface area (Å²) in [6.45, 7) is 4.39. The normalized spacial score (nSPS) is 15.5. The van der Waals surface area contributed by atoms with Gasteiger partial charge >= 0.3 is 0 Å². The lowest BCUT2D eigenvalue weighted by atomic mass is 9.84. The molecule has 0 spiro atoms. The van der Waals surface area contributed by atoms with Crippen molar-refractivity contribution in [2.24, 2.45) is 0 Å². The molecule has 8 heteroatoms. The molecular formula is C26H23Cl2N3O3. The minimum atomic E-state index is -0.388. The van der Waals surface area contributed by atoms with Gasteiger partial charge in [0.1, 0.15) is 17.8 Å². The van der Waals surface area contributed by atoms with Gasteiger partial charge < -0.3 is 15.0 Å². The van der Waals surface area contributed by atoms with Crippen molar-refractivity contribution in [2.75, 3.05) is 11.4 Å². The highest BCUT2D eigenvalue weighted by molar-refractivity contribution is 6.33. The monoisotopic (exact) mass is 495 g/mol. The van der Waals surface area contributed by atoms with Crippen LogP contribution in [0.5, 0.6) is 0 Å². The predicted molar refractivity (Wildman–Crippen MR) is 134 cm³/mol. The minimum Gasteiger partial charge on any atom is -0.462 e. The quantitative estimate of drug-likeness (QED) is 0.556. The maximum Gasteiger partial charge on any atom is 0.253 e. The van der Waals surface area contributed by atoms with E-state index in [1.54, 1.807) is 29.4 Å². The number of amides is 1. The molecule has 0 radical (unpaired) electrons. The molecule has 1 amide bonds. The van der Waals surface area contributed by atoms with Gasteiger partial charge in [0.15, 0.2) is 5.78 Å². The topological polar surface area (TPSA) is 71.5 Å². The number of hydrogen-bond acceptors (Lipinski definition) is 5. The lowest BCUT2D eigenvalue weighted by Crippen LogP contribution is -2.37. The maximum atomic E-state index is 13.0. The number of aromatic nitrogens is 1. The number of halogens is 2. The van der Waals surface area contributed by atoms with Gasteiger partial charge in [-0.15, -0.1) is 0 Å². The first-order valence-electron chi connectivity index (χ1n) is 10.7. The van der Waals surface area contributed by atoms with Crippen molar-refractivity contribution in [1.82, 2.24) is 10.3 Å². The van der Waals surface area contributed by atoms with E-state index in [0.717, 1.165) is 11.1 Å². The molecule has 2 heterocycles. The maximum absolute atomic E-state index is 13.0. The molecule has 0 fully saturated rings. The van der Waals surface area contributed by atoms with Gasteiger partial charge in [-0.05, 0) is 23.8 Å². The SMILES string of the molecule is CC(C)(CNC(=O)c1cc(N2C=COC(C3=CC=CC(=O)C3)=C2)ncc1Cl)c1ccccc1Cl. The van der Waals surface area contributed by atoms with E-state index < -0.39 is 0 Å². The Labute approximate surface area is 208 Å². The van der Waals surface area contributed by atoms with Crippen molar-refractivity contribution in [3.63, 3.8) is 0 Å². The molecule has 0 saturated carbocycles. The van der Waals surface area contributed by atoms with Crippen LogP contribution in [0, 0.1) is 0 Å². The number of nitrogens with one attached hydrogen (secondary N) is 1. The summed E-state index contributed by atoms with van der Waals surface area (Å²) in [6.07, 6.45) is 11.6. The molecule has 1 N–H and O–H groups in total. The summed E-state index contributed by atoms with van der Waals surface area (Å²) >= 11 is 12.7. The van der Waals surface area contributed by atoms with Crippen molar-refractivity contribution in [3.05, 3.63) is 106 Å². The Balaban J connectivity index is 1.52. The molecule has 34 heavy (non-hydrogen) atoms. The van der Waals surface area contributed by atoms with Gasteiger partial charge in [-0.1, -0.05) is 67.4 Å². The number of allylic oxidation sites excluding steroid dienone is 4. The van der Waals surface area contributed by atoms with Crippen LogP contribution in [-0.2, 0) is 14.9 Å². The number of carbonyl (C=O) groups excluding carboxylic acids is 2. The molecule has 6 nitrogen and oxygen atoms in total. The Kier molecular flexibility index (Phi) is 6.91. The minimum absolute atomic E-state index is 0.00592. The van der Waals surface area contributed by atoms with E-state index in [0.29, 0.717) is 28.7 Å². The number of nitrogens with zero attached hydrogens (tertiary/aromatic N) is 2. The Morgan fingerprint density at radius 2 is 2.03 bits per heavy atom. The third-order valence-electron chi connectivity index (χ3n) is 5.58. The van der Waals surface area contributed by atoms with Crippen LogP contribution in [0.1, 0.15) is 36.2 Å². The van der Waals surface area contributed by atoms with Gasteiger partial charge in [-0.3, -0.25) is 9.59 Å². The number of benzene rings is 1. The van der Waals surface area contributed by atoms with E-state index in [9.17, 15) is 9.59 Å². The van der Waals surface area contributed by atoms with E-state index >= 15 is 0 Å². The average molecular weight is 496 g/mol. The molecule has 0 saturated heterocycles. The zero-order chi connectivity index (χ0) is 24.3. The number of hydrogen-bond donors (Lipinski definition) is 1. The summed E-state index contributed by atoms with van der Waals surface area (Å²) in [5, 5.41) is 3.85. The molecule has 1 aliphatic heterocycles. The predicted octanol–water partition coefficient (Wildman–Crippen LogP) is 5.70. The fourth-order valence-corrected chi connectivity index (χ4v) is 4.24. The molecule has 4 rings (SSSR count). The van der Waals surface area contributed by atoms with Gasteiger partial charge in [-0.2, -0.15) is 0 Å². The first kappa shape index (κ1) is 23.8. The molecule has 0 atom stereocenters. The van der Waals surface area contributed by atoms with Crippen LogP contribution in [0.4, 0.5) is 5.82 Å². The summed E-state index contributed by atoms with van der Waals surface area (Å²) in [6, 6.07) is 9.19. The summed E-state index contributed by atoms with van der Waals surface area (Å²) in [5.41, 5.74) is 1.61. The molecule has 0 unspecified atom stereocenters. The molecule has 2 aromatic rings. The average Bonchev–Trinajstić information content (AvgIpc) is 2.83. The summed E-state index contributed by atoms with van der Waals surface area (Å²) < 4.78 is 5.59. The van der Waals surface area contributed by atoms with Crippen molar-refractivity contribution in [3.8, 4) is 0 Å². The van der Waals surface area contributed by atoms with Crippen LogP contribution in [0.15, 0.2) is 84.8 Å². The van der Waals surface area contributed by atoms with E-state index in [-0.39, 0.29) is 28.5 Å². The Morgan fingerprint density at radius 1 is 1.24 bits per heavy atom. The second kappa shape index (κ2) is 9.87. The molecular weight excluding hydrogens is 473 g/mol. The van der Waals surface area contributed by atoms with Gasteiger partial charge in [-0.25, -0.2) is 4.98 Å². The lowest BCUT2D eigenvalue weighted by Gasteiger charge is -2.27. The Morgan fingerprint density at radius 3 is 2.79 bits per heavy atom. The number of ether oxygens (including phenoxy) is 1. The van der Waals surface area contributed by atoms with Gasteiger partial charge in [0, 0.05) is 41.4 Å². The summed E-state index contributed by atoms with van der Waals surface area (Å²) in [5.74, 6) is 0.701. The van der Waals surface area contributed by atoms with Crippen molar-refractivity contribution in [2.45, 2.75) is 25.7 Å². The molecule has 1 aromatic heterocycles. The van der Waals surface area contributed by atoms with Crippen molar-refractivity contribution in [1.29, 1.82) is 0 Å². The fraction of sp³-hybridized carbons (Fsp3) is 0.192. The lowest BCUT2D eigenvalue weighted by molar-refractivity contribution is -0.114. The van der Waals surface area contributed by atoms with E-state index in [4.69, 9.17) is 27.9 Å². The number of anilines is 1. The molecule has 0 bridgehead atoms. The molecule has 1 aromatic carbocycles. The van der Waals surface area contributed by atoms with Crippen LogP contribution >= 0.6 is 23.2 Å². The van der Waals surface area contributed by atoms with E-state index in [1.807, 2.05) is 44.2 Å². The fourth-order valence-electron chi connectivity index (χ4n) is 3.66. The number of rotatable bonds is 6. The summed E-state index contributed by atoms with van der Waals surface area (Å²) in [7, 11) is 0. The third kappa shape index (κ3) is 5.24. The highest BCUT2D eigenvalue weighted by Crippen LogP contribution is 2.30. The van der Waals surface area contributed by atoms with Crippen molar-refractivity contribution < 1.29 is 14.3 Å². The standard InChI is InChI=1S/C26H23Cl2N3O3/c1-26(2,20-8-3-4-9-21(20)27)16-30-25(33)19-13-24(29-14-22(19)28)31-10-11-34-23(15-31)17-6-5-7-18(32)12-17/h3-11,13-15H,12,16H2,1-2H3,(H,30,33). The Hall–Kier alpha value is -3.35. The van der Waals surface area contributed by atoms with Gasteiger partial charge in [0.2, 0.25) is 0 Å². The van der Waals surface area contributed by atoms with Crippen molar-refractivity contribution >= 4 is 40.7 Å². The van der Waals surface area contributed by atoms with E-state index in [2.05, 4.69) is 10.3 Å². The number of pyridine rings is 1. The first-order chi connectivity index (χ1) is 16.2. The zero-order valence-electron chi connectivity index (χ0n) is 18.7. The van der Waals surface area contributed by atoms with E-state index in [1.165, 1.54) is 18.5 Å². The van der Waals surface area contributed by atoms with Crippen LogP contribution in [0.25, 0.3) is 0 Å². The second-order valence-corrected chi connectivity index (χ2v) is 9.38. The van der Waals surface area contributed by atoms with Crippen LogP contribution in [0.3, 0.4) is 0 Å². The highest BCUT2D eigenvalue weighted by Gasteiger charge is 2.25. The smallest absolute Gasteiger partial charge is 0.253 e. The summed E-state index contributed by atoms with van der Waals surface area (Å²) in [4.78, 5) is 30.8. The van der Waals surface area contributed by atoms with Crippen LogP contribution in [-0.4, -0.2) is 23.2 Å². The molecule has 1 aliphatic carbocycles. The number of ketones is 1. The van der Waals surface area contributed by atoms with Crippen LogP contribution < -0.4 is 10.2 Å². The van der Waals surface area contributed by atoms with Gasteiger partial charge in [0.25, 0.3) is 5.91 Å². The first-order valence-corrected chi connectivity index (χ1v) is 11.4. The Bertz CT molecular complexity index is 1260. The van der Waals surface area contributed by atoms with Gasteiger partial charge in [0.05, 0.1) is 16.8 Å². The highest BCUT2D eigenvalue weighted by atomic mass is 35.5. The molecule has 174 valence electrons.